The van der Waals surface area contributed by atoms with Crippen molar-refractivity contribution in [3.8, 4) is 0 Å². The zero-order valence-corrected chi connectivity index (χ0v) is 17.8. The number of hydrogen-bond donors (Lipinski definition) is 0. The molecule has 2 aromatic rings. The van der Waals surface area contributed by atoms with E-state index in [4.69, 9.17) is 16.3 Å². The Bertz CT molecular complexity index is 1040. The first-order valence-electron chi connectivity index (χ1n) is 9.18. The van der Waals surface area contributed by atoms with E-state index in [2.05, 4.69) is 0 Å². The Morgan fingerprint density at radius 3 is 2.52 bits per heavy atom. The zero-order valence-electron chi connectivity index (χ0n) is 16.2. The molecule has 0 spiro atoms. The molecule has 0 fully saturated rings. The number of nitrogens with zero attached hydrogens (tertiary/aromatic N) is 1. The summed E-state index contributed by atoms with van der Waals surface area (Å²) in [4.78, 5) is 25.6. The van der Waals surface area contributed by atoms with Gasteiger partial charge in [0.1, 0.15) is 0 Å². The van der Waals surface area contributed by atoms with Crippen LogP contribution in [0.1, 0.15) is 18.1 Å². The highest BCUT2D eigenvalue weighted by molar-refractivity contribution is 7.91. The van der Waals surface area contributed by atoms with Gasteiger partial charge in [-0.25, -0.2) is 8.42 Å². The molecule has 1 aliphatic heterocycles. The van der Waals surface area contributed by atoms with Crippen LogP contribution >= 0.6 is 11.6 Å². The normalized spacial score (nSPS) is 14.4. The molecule has 0 aliphatic carbocycles. The molecule has 8 heteroatoms. The van der Waals surface area contributed by atoms with E-state index in [1.807, 2.05) is 30.3 Å². The van der Waals surface area contributed by atoms with Crippen molar-refractivity contribution in [1.29, 1.82) is 0 Å². The van der Waals surface area contributed by atoms with Crippen molar-refractivity contribution in [2.75, 3.05) is 24.3 Å². The van der Waals surface area contributed by atoms with E-state index in [1.54, 1.807) is 6.07 Å². The Labute approximate surface area is 175 Å². The molecule has 1 heterocycles. The molecule has 6 nitrogen and oxygen atoms in total. The number of rotatable bonds is 6. The van der Waals surface area contributed by atoms with Crippen molar-refractivity contribution in [2.45, 2.75) is 24.7 Å². The maximum absolute atomic E-state index is 13.2. The van der Waals surface area contributed by atoms with Crippen LogP contribution in [-0.2, 0) is 37.0 Å². The third-order valence-electron chi connectivity index (χ3n) is 5.02. The fourth-order valence-electron chi connectivity index (χ4n) is 3.58. The number of carbonyl (C=O) groups excluding carboxylic acids is 2. The molecule has 1 amide bonds. The van der Waals surface area contributed by atoms with Crippen molar-refractivity contribution in [2.24, 2.45) is 5.92 Å². The average molecular weight is 436 g/mol. The van der Waals surface area contributed by atoms with Gasteiger partial charge in [-0.15, -0.1) is 0 Å². The molecular weight excluding hydrogens is 414 g/mol. The summed E-state index contributed by atoms with van der Waals surface area (Å²) < 4.78 is 31.1. The quantitative estimate of drug-likeness (QED) is 0.651. The van der Waals surface area contributed by atoms with Crippen LogP contribution < -0.4 is 4.90 Å². The van der Waals surface area contributed by atoms with Gasteiger partial charge in [0.2, 0.25) is 5.91 Å². The lowest BCUT2D eigenvalue weighted by atomic mass is 10.0. The topological polar surface area (TPSA) is 80.8 Å². The number of methoxy groups -OCH3 is 1. The summed E-state index contributed by atoms with van der Waals surface area (Å²) in [5.41, 5.74) is 2.22. The van der Waals surface area contributed by atoms with E-state index in [1.165, 1.54) is 25.0 Å². The van der Waals surface area contributed by atoms with Gasteiger partial charge in [0, 0.05) is 19.2 Å². The maximum Gasteiger partial charge on any atom is 0.310 e. The van der Waals surface area contributed by atoms with Crippen LogP contribution in [0.4, 0.5) is 5.69 Å². The second-order valence-electron chi connectivity index (χ2n) is 7.02. The number of carbonyl (C=O) groups is 2. The van der Waals surface area contributed by atoms with Crippen LogP contribution in [0.15, 0.2) is 47.4 Å². The van der Waals surface area contributed by atoms with Gasteiger partial charge in [-0.2, -0.15) is 0 Å². The highest BCUT2D eigenvalue weighted by Crippen LogP contribution is 2.36. The van der Waals surface area contributed by atoms with Crippen molar-refractivity contribution >= 4 is 39.0 Å². The van der Waals surface area contributed by atoms with Crippen LogP contribution in [0.25, 0.3) is 0 Å². The maximum atomic E-state index is 13.2. The van der Waals surface area contributed by atoms with Crippen LogP contribution in [0.5, 0.6) is 0 Å². The Morgan fingerprint density at radius 2 is 1.90 bits per heavy atom. The SMILES string of the molecule is COC(=O)[C@H](Cc1ccccc1)CS(=O)(=O)c1cc2c(cc1Cl)CCN2C(C)=O. The van der Waals surface area contributed by atoms with Gasteiger partial charge in [0.25, 0.3) is 0 Å². The summed E-state index contributed by atoms with van der Waals surface area (Å²) in [6.07, 6.45) is 0.850. The molecule has 0 aromatic heterocycles. The van der Waals surface area contributed by atoms with Gasteiger partial charge in [0.15, 0.2) is 9.84 Å². The van der Waals surface area contributed by atoms with Crippen LogP contribution in [0.3, 0.4) is 0 Å². The average Bonchev–Trinajstić information content (AvgIpc) is 3.09. The summed E-state index contributed by atoms with van der Waals surface area (Å²) in [5, 5.41) is 0.0949. The lowest BCUT2D eigenvalue weighted by Crippen LogP contribution is -2.28. The molecule has 0 saturated heterocycles. The van der Waals surface area contributed by atoms with Crippen molar-refractivity contribution < 1.29 is 22.7 Å². The summed E-state index contributed by atoms with van der Waals surface area (Å²) in [6, 6.07) is 12.2. The molecular formula is C21H22ClNO5S. The van der Waals surface area contributed by atoms with Gasteiger partial charge in [0.05, 0.1) is 28.7 Å². The Morgan fingerprint density at radius 1 is 1.21 bits per heavy atom. The minimum absolute atomic E-state index is 0.0759. The largest absolute Gasteiger partial charge is 0.469 e. The highest BCUT2D eigenvalue weighted by Gasteiger charge is 2.32. The smallest absolute Gasteiger partial charge is 0.310 e. The monoisotopic (exact) mass is 435 g/mol. The lowest BCUT2D eigenvalue weighted by molar-refractivity contribution is -0.144. The van der Waals surface area contributed by atoms with E-state index in [0.717, 1.165) is 11.1 Å². The molecule has 1 atom stereocenters. The van der Waals surface area contributed by atoms with Crippen molar-refractivity contribution in [1.82, 2.24) is 0 Å². The standard InChI is InChI=1S/C21H22ClNO5S/c1-14(24)23-9-8-16-11-18(22)20(12-19(16)23)29(26,27)13-17(21(25)28-2)10-15-6-4-3-5-7-15/h3-7,11-12,17H,8-10,13H2,1-2H3/t17-/m1/s1. The fourth-order valence-corrected chi connectivity index (χ4v) is 5.73. The van der Waals surface area contributed by atoms with Crippen LogP contribution in [0.2, 0.25) is 5.02 Å². The predicted molar refractivity (Wildman–Crippen MR) is 111 cm³/mol. The number of fused-ring (bicyclic) bond motifs is 1. The first-order valence-corrected chi connectivity index (χ1v) is 11.2. The molecule has 0 radical (unpaired) electrons. The number of anilines is 1. The minimum Gasteiger partial charge on any atom is -0.469 e. The van der Waals surface area contributed by atoms with E-state index in [-0.39, 0.29) is 22.2 Å². The molecule has 0 saturated carbocycles. The fraction of sp³-hybridized carbons (Fsp3) is 0.333. The molecule has 2 aromatic carbocycles. The molecule has 154 valence electrons. The first-order chi connectivity index (χ1) is 13.7. The number of halogens is 1. The second kappa shape index (κ2) is 8.55. The number of ether oxygens (including phenoxy) is 1. The van der Waals surface area contributed by atoms with Gasteiger partial charge in [-0.1, -0.05) is 41.9 Å². The Kier molecular flexibility index (Phi) is 6.29. The number of esters is 1. The third-order valence-corrected chi connectivity index (χ3v) is 7.30. The lowest BCUT2D eigenvalue weighted by Gasteiger charge is -2.18. The zero-order chi connectivity index (χ0) is 21.2. The minimum atomic E-state index is -3.91. The Balaban J connectivity index is 1.94. The van der Waals surface area contributed by atoms with E-state index < -0.39 is 27.5 Å². The van der Waals surface area contributed by atoms with Gasteiger partial charge in [-0.05, 0) is 36.1 Å². The van der Waals surface area contributed by atoms with Crippen molar-refractivity contribution in [3.63, 3.8) is 0 Å². The van der Waals surface area contributed by atoms with Gasteiger partial charge >= 0.3 is 5.97 Å². The number of hydrogen-bond acceptors (Lipinski definition) is 5. The molecule has 1 aliphatic rings. The summed E-state index contributed by atoms with van der Waals surface area (Å²) >= 11 is 6.28. The number of sulfone groups is 1. The summed E-state index contributed by atoms with van der Waals surface area (Å²) in [6.45, 7) is 1.92. The van der Waals surface area contributed by atoms with Gasteiger partial charge in [-0.3, -0.25) is 9.59 Å². The number of amides is 1. The van der Waals surface area contributed by atoms with E-state index in [9.17, 15) is 18.0 Å². The summed E-state index contributed by atoms with van der Waals surface area (Å²) in [7, 11) is -2.67. The Hall–Kier alpha value is -2.38. The van der Waals surface area contributed by atoms with Crippen LogP contribution in [-0.4, -0.2) is 39.7 Å². The summed E-state index contributed by atoms with van der Waals surface area (Å²) in [5.74, 6) is -2.07. The molecule has 29 heavy (non-hydrogen) atoms. The molecule has 0 N–H and O–H groups in total. The highest BCUT2D eigenvalue weighted by atomic mass is 35.5. The second-order valence-corrected chi connectivity index (χ2v) is 9.43. The first kappa shape index (κ1) is 21.3. The van der Waals surface area contributed by atoms with Crippen molar-refractivity contribution in [3.05, 3.63) is 58.6 Å². The molecule has 3 rings (SSSR count). The molecule has 0 bridgehead atoms. The van der Waals surface area contributed by atoms with E-state index >= 15 is 0 Å². The molecule has 0 unspecified atom stereocenters. The number of benzene rings is 2. The van der Waals surface area contributed by atoms with Crippen LogP contribution in [0, 0.1) is 5.92 Å². The predicted octanol–water partition coefficient (Wildman–Crippen LogP) is 3.05. The van der Waals surface area contributed by atoms with E-state index in [0.29, 0.717) is 18.7 Å². The third kappa shape index (κ3) is 4.62. The van der Waals surface area contributed by atoms with Gasteiger partial charge < -0.3 is 9.64 Å².